The summed E-state index contributed by atoms with van der Waals surface area (Å²) in [4.78, 5) is 29.6. The number of rotatable bonds is 7. The molecule has 3 aromatic rings. The van der Waals surface area contributed by atoms with Crippen LogP contribution in [0.5, 0.6) is 11.5 Å². The smallest absolute Gasteiger partial charge is 0.247 e. The summed E-state index contributed by atoms with van der Waals surface area (Å²) in [6, 6.07) is 18.8. The molecule has 1 fully saturated rings. The van der Waals surface area contributed by atoms with Gasteiger partial charge in [0.25, 0.3) is 0 Å². The molecule has 2 heterocycles. The maximum atomic E-state index is 13.0. The van der Waals surface area contributed by atoms with Crippen LogP contribution in [-0.4, -0.2) is 72.3 Å². The molecule has 0 aromatic heterocycles. The summed E-state index contributed by atoms with van der Waals surface area (Å²) in [5, 5.41) is 14.7. The zero-order chi connectivity index (χ0) is 24.2. The standard InChI is InChI=1S/C27H29N3O5/c31-17-23(28-26(32)15-19-5-7-21-3-1-2-4-22(21)13-19)27(33)30-11-9-29(10-12-30)16-20-6-8-24-25(14-20)35-18-34-24/h1-8,13-14,23,31H,9-12,15-18H2,(H,28,32). The lowest BCUT2D eigenvalue weighted by Gasteiger charge is -2.36. The van der Waals surface area contributed by atoms with Crippen molar-refractivity contribution < 1.29 is 24.2 Å². The lowest BCUT2D eigenvalue weighted by molar-refractivity contribution is -0.139. The van der Waals surface area contributed by atoms with Gasteiger partial charge in [-0.1, -0.05) is 48.5 Å². The fourth-order valence-electron chi connectivity index (χ4n) is 4.61. The Bertz CT molecular complexity index is 1220. The van der Waals surface area contributed by atoms with E-state index in [-0.39, 0.29) is 25.0 Å². The van der Waals surface area contributed by atoms with E-state index in [4.69, 9.17) is 9.47 Å². The number of ether oxygens (including phenoxy) is 2. The van der Waals surface area contributed by atoms with Gasteiger partial charge in [-0.25, -0.2) is 0 Å². The third-order valence-corrected chi connectivity index (χ3v) is 6.52. The van der Waals surface area contributed by atoms with Crippen LogP contribution in [0.1, 0.15) is 11.1 Å². The minimum absolute atomic E-state index is 0.151. The normalized spacial score (nSPS) is 16.3. The van der Waals surface area contributed by atoms with Crippen molar-refractivity contribution in [2.24, 2.45) is 0 Å². The van der Waals surface area contributed by atoms with Crippen molar-refractivity contribution in [3.05, 3.63) is 71.8 Å². The molecule has 35 heavy (non-hydrogen) atoms. The summed E-state index contributed by atoms with van der Waals surface area (Å²) in [6.45, 7) is 3.09. The predicted octanol–water partition coefficient (Wildman–Crippen LogP) is 1.93. The Balaban J connectivity index is 1.12. The highest BCUT2D eigenvalue weighted by Crippen LogP contribution is 2.32. The number of hydrogen-bond donors (Lipinski definition) is 2. The fraction of sp³-hybridized carbons (Fsp3) is 0.333. The zero-order valence-electron chi connectivity index (χ0n) is 19.5. The van der Waals surface area contributed by atoms with E-state index in [1.165, 1.54) is 0 Å². The van der Waals surface area contributed by atoms with Crippen molar-refractivity contribution in [1.29, 1.82) is 0 Å². The quantitative estimate of drug-likeness (QED) is 0.543. The Kier molecular flexibility index (Phi) is 6.83. The molecule has 0 radical (unpaired) electrons. The molecule has 8 heteroatoms. The number of carbonyl (C=O) groups is 2. The second-order valence-electron chi connectivity index (χ2n) is 8.95. The van der Waals surface area contributed by atoms with Crippen LogP contribution < -0.4 is 14.8 Å². The Hall–Kier alpha value is -3.62. The van der Waals surface area contributed by atoms with Gasteiger partial charge in [0, 0.05) is 32.7 Å². The predicted molar refractivity (Wildman–Crippen MR) is 131 cm³/mol. The molecular formula is C27H29N3O5. The van der Waals surface area contributed by atoms with Gasteiger partial charge in [0.2, 0.25) is 18.6 Å². The molecule has 3 aromatic carbocycles. The van der Waals surface area contributed by atoms with Crippen LogP contribution in [0, 0.1) is 0 Å². The molecule has 2 aliphatic rings. The topological polar surface area (TPSA) is 91.3 Å². The number of hydrogen-bond acceptors (Lipinski definition) is 6. The second-order valence-corrected chi connectivity index (χ2v) is 8.95. The van der Waals surface area contributed by atoms with Gasteiger partial charge >= 0.3 is 0 Å². The first-order chi connectivity index (χ1) is 17.1. The molecule has 0 aliphatic carbocycles. The van der Waals surface area contributed by atoms with Crippen LogP contribution >= 0.6 is 0 Å². The third-order valence-electron chi connectivity index (χ3n) is 6.52. The van der Waals surface area contributed by atoms with Gasteiger partial charge in [0.05, 0.1) is 13.0 Å². The Morgan fingerprint density at radius 3 is 2.43 bits per heavy atom. The van der Waals surface area contributed by atoms with E-state index in [1.54, 1.807) is 4.90 Å². The van der Waals surface area contributed by atoms with Crippen molar-refractivity contribution in [3.8, 4) is 11.5 Å². The van der Waals surface area contributed by atoms with Crippen molar-refractivity contribution >= 4 is 22.6 Å². The highest BCUT2D eigenvalue weighted by molar-refractivity contribution is 5.89. The SMILES string of the molecule is O=C(Cc1ccc2ccccc2c1)NC(CO)C(=O)N1CCN(Cc2ccc3c(c2)OCO3)CC1. The average Bonchev–Trinajstić information content (AvgIpc) is 3.35. The minimum Gasteiger partial charge on any atom is -0.454 e. The number of piperazine rings is 1. The molecule has 182 valence electrons. The molecule has 2 amide bonds. The largest absolute Gasteiger partial charge is 0.454 e. The molecule has 2 aliphatic heterocycles. The molecule has 5 rings (SSSR count). The number of aliphatic hydroxyl groups excluding tert-OH is 1. The fourth-order valence-corrected chi connectivity index (χ4v) is 4.61. The van der Waals surface area contributed by atoms with Gasteiger partial charge in [0.1, 0.15) is 6.04 Å². The molecule has 1 unspecified atom stereocenters. The van der Waals surface area contributed by atoms with E-state index in [2.05, 4.69) is 10.2 Å². The molecule has 2 N–H and O–H groups in total. The molecule has 0 bridgehead atoms. The Morgan fingerprint density at radius 1 is 0.886 bits per heavy atom. The Morgan fingerprint density at radius 2 is 1.63 bits per heavy atom. The zero-order valence-corrected chi connectivity index (χ0v) is 19.5. The van der Waals surface area contributed by atoms with Gasteiger partial charge in [-0.2, -0.15) is 0 Å². The third kappa shape index (κ3) is 5.39. The first kappa shape index (κ1) is 23.1. The molecule has 1 atom stereocenters. The number of carbonyl (C=O) groups excluding carboxylic acids is 2. The molecule has 1 saturated heterocycles. The number of amides is 2. The lowest BCUT2D eigenvalue weighted by atomic mass is 10.0. The molecule has 0 saturated carbocycles. The highest BCUT2D eigenvalue weighted by Gasteiger charge is 2.28. The summed E-state index contributed by atoms with van der Waals surface area (Å²) in [6.07, 6.45) is 0.151. The lowest BCUT2D eigenvalue weighted by Crippen LogP contribution is -2.56. The van der Waals surface area contributed by atoms with Crippen LogP contribution in [0.4, 0.5) is 0 Å². The van der Waals surface area contributed by atoms with Crippen LogP contribution in [0.25, 0.3) is 10.8 Å². The monoisotopic (exact) mass is 475 g/mol. The maximum Gasteiger partial charge on any atom is 0.247 e. The van der Waals surface area contributed by atoms with Gasteiger partial charge < -0.3 is 24.8 Å². The van der Waals surface area contributed by atoms with Crippen LogP contribution in [0.15, 0.2) is 60.7 Å². The molecule has 8 nitrogen and oxygen atoms in total. The number of benzene rings is 3. The van der Waals surface area contributed by atoms with Gasteiger partial charge in [-0.05, 0) is 34.0 Å². The van der Waals surface area contributed by atoms with E-state index in [0.29, 0.717) is 26.2 Å². The number of fused-ring (bicyclic) bond motifs is 2. The summed E-state index contributed by atoms with van der Waals surface area (Å²) >= 11 is 0. The molecule has 0 spiro atoms. The van der Waals surface area contributed by atoms with E-state index in [0.717, 1.165) is 39.9 Å². The first-order valence-corrected chi connectivity index (χ1v) is 11.9. The minimum atomic E-state index is -0.941. The average molecular weight is 476 g/mol. The van der Waals surface area contributed by atoms with Crippen molar-refractivity contribution in [2.45, 2.75) is 19.0 Å². The Labute approximate surface area is 204 Å². The van der Waals surface area contributed by atoms with E-state index < -0.39 is 12.6 Å². The van der Waals surface area contributed by atoms with Gasteiger partial charge in [-0.3, -0.25) is 14.5 Å². The van der Waals surface area contributed by atoms with Crippen LogP contribution in [-0.2, 0) is 22.6 Å². The van der Waals surface area contributed by atoms with Crippen molar-refractivity contribution in [2.75, 3.05) is 39.6 Å². The van der Waals surface area contributed by atoms with Crippen molar-refractivity contribution in [3.63, 3.8) is 0 Å². The van der Waals surface area contributed by atoms with Crippen molar-refractivity contribution in [1.82, 2.24) is 15.1 Å². The summed E-state index contributed by atoms with van der Waals surface area (Å²) in [5.74, 6) is 1.000. The van der Waals surface area contributed by atoms with E-state index in [9.17, 15) is 14.7 Å². The van der Waals surface area contributed by atoms with Crippen LogP contribution in [0.2, 0.25) is 0 Å². The first-order valence-electron chi connectivity index (χ1n) is 11.9. The number of nitrogens with zero attached hydrogens (tertiary/aromatic N) is 2. The number of aliphatic hydroxyl groups is 1. The summed E-state index contributed by atoms with van der Waals surface area (Å²) < 4.78 is 10.8. The van der Waals surface area contributed by atoms with Crippen LogP contribution in [0.3, 0.4) is 0 Å². The summed E-state index contributed by atoms with van der Waals surface area (Å²) in [5.41, 5.74) is 1.99. The second kappa shape index (κ2) is 10.3. The molecular weight excluding hydrogens is 446 g/mol. The summed E-state index contributed by atoms with van der Waals surface area (Å²) in [7, 11) is 0. The number of nitrogens with one attached hydrogen (secondary N) is 1. The highest BCUT2D eigenvalue weighted by atomic mass is 16.7. The van der Waals surface area contributed by atoms with Gasteiger partial charge in [0.15, 0.2) is 11.5 Å². The maximum absolute atomic E-state index is 13.0. The van der Waals surface area contributed by atoms with E-state index >= 15 is 0 Å². The van der Waals surface area contributed by atoms with E-state index in [1.807, 2.05) is 60.7 Å². The van der Waals surface area contributed by atoms with Gasteiger partial charge in [-0.15, -0.1) is 0 Å².